The topological polar surface area (TPSA) is 89.5 Å². The maximum Gasteiger partial charge on any atom is 0.273 e. The van der Waals surface area contributed by atoms with E-state index in [0.29, 0.717) is 29.9 Å². The summed E-state index contributed by atoms with van der Waals surface area (Å²) in [7, 11) is 0. The number of rotatable bonds is 5. The fraction of sp³-hybridized carbons (Fsp3) is 0.273. The van der Waals surface area contributed by atoms with Crippen molar-refractivity contribution in [2.75, 3.05) is 13.2 Å². The van der Waals surface area contributed by atoms with Gasteiger partial charge in [0.2, 0.25) is 0 Å². The zero-order chi connectivity index (χ0) is 19.8. The number of aryl methyl sites for hydroxylation is 2. The van der Waals surface area contributed by atoms with Gasteiger partial charge in [-0.15, -0.1) is 0 Å². The van der Waals surface area contributed by atoms with Gasteiger partial charge in [0, 0.05) is 24.3 Å². The summed E-state index contributed by atoms with van der Waals surface area (Å²) in [6, 6.07) is 13.3. The van der Waals surface area contributed by atoms with Crippen molar-refractivity contribution in [1.29, 1.82) is 0 Å². The number of nitrogens with zero attached hydrogens (tertiary/aromatic N) is 2. The Hall–Kier alpha value is -3.12. The average molecular weight is 377 g/mol. The Morgan fingerprint density at radius 2 is 1.93 bits per heavy atom. The summed E-state index contributed by atoms with van der Waals surface area (Å²) in [5, 5.41) is 27.2. The minimum absolute atomic E-state index is 0.0161. The minimum atomic E-state index is -0.316. The number of H-pyrrole nitrogens is 1. The Labute approximate surface area is 163 Å². The molecule has 1 aromatic heterocycles. The third kappa shape index (κ3) is 2.86. The quantitative estimate of drug-likeness (QED) is 0.636. The minimum Gasteiger partial charge on any atom is -0.507 e. The first-order valence-corrected chi connectivity index (χ1v) is 9.38. The Balaban J connectivity index is 1.91. The van der Waals surface area contributed by atoms with Crippen molar-refractivity contribution in [1.82, 2.24) is 15.1 Å². The number of carbonyl (C=O) groups excluding carboxylic acids is 1. The van der Waals surface area contributed by atoms with Crippen molar-refractivity contribution < 1.29 is 15.0 Å². The van der Waals surface area contributed by atoms with Gasteiger partial charge in [-0.2, -0.15) is 5.10 Å². The van der Waals surface area contributed by atoms with Gasteiger partial charge < -0.3 is 15.1 Å². The molecule has 0 radical (unpaired) electrons. The van der Waals surface area contributed by atoms with Crippen LogP contribution in [0.5, 0.6) is 5.75 Å². The summed E-state index contributed by atoms with van der Waals surface area (Å²) in [5.74, 6) is 0.0351. The van der Waals surface area contributed by atoms with Crippen LogP contribution >= 0.6 is 0 Å². The number of benzene rings is 2. The van der Waals surface area contributed by atoms with Gasteiger partial charge in [0.15, 0.2) is 0 Å². The van der Waals surface area contributed by atoms with E-state index in [-0.39, 0.29) is 24.3 Å². The van der Waals surface area contributed by atoms with Gasteiger partial charge in [-0.1, -0.05) is 36.4 Å². The Kier molecular flexibility index (Phi) is 4.65. The van der Waals surface area contributed by atoms with Crippen LogP contribution < -0.4 is 0 Å². The SMILES string of the molecule is Cc1cc(C)c(O)c(-c2n[nH]c3c2[C@@H](c2ccccc2)N(CCCO)C3=O)c1. The molecular weight excluding hydrogens is 354 g/mol. The van der Waals surface area contributed by atoms with Crippen LogP contribution in [0.3, 0.4) is 0 Å². The van der Waals surface area contributed by atoms with E-state index in [1.807, 2.05) is 56.3 Å². The van der Waals surface area contributed by atoms with Crippen LogP contribution in [-0.2, 0) is 0 Å². The van der Waals surface area contributed by atoms with Crippen LogP contribution in [0.4, 0.5) is 0 Å². The van der Waals surface area contributed by atoms with Crippen molar-refractivity contribution in [3.8, 4) is 17.0 Å². The van der Waals surface area contributed by atoms with Gasteiger partial charge in [-0.3, -0.25) is 9.89 Å². The molecular formula is C22H23N3O3. The zero-order valence-electron chi connectivity index (χ0n) is 15.9. The summed E-state index contributed by atoms with van der Waals surface area (Å²) in [6.07, 6.45) is 0.497. The summed E-state index contributed by atoms with van der Waals surface area (Å²) in [5.41, 5.74) is 5.18. The van der Waals surface area contributed by atoms with Gasteiger partial charge in [-0.25, -0.2) is 0 Å². The predicted octanol–water partition coefficient (Wildman–Crippen LogP) is 3.33. The number of hydrogen-bond donors (Lipinski definition) is 3. The number of aromatic amines is 1. The summed E-state index contributed by atoms with van der Waals surface area (Å²) in [6.45, 7) is 4.28. The number of aliphatic hydroxyl groups excluding tert-OH is 1. The summed E-state index contributed by atoms with van der Waals surface area (Å²) >= 11 is 0. The second-order valence-electron chi connectivity index (χ2n) is 7.23. The number of aliphatic hydroxyl groups is 1. The van der Waals surface area contributed by atoms with E-state index < -0.39 is 0 Å². The molecule has 0 spiro atoms. The van der Waals surface area contributed by atoms with Crippen LogP contribution in [-0.4, -0.2) is 44.4 Å². The monoisotopic (exact) mass is 377 g/mol. The van der Waals surface area contributed by atoms with Crippen molar-refractivity contribution in [2.45, 2.75) is 26.3 Å². The zero-order valence-corrected chi connectivity index (χ0v) is 15.9. The number of phenolic OH excluding ortho intramolecular Hbond substituents is 1. The summed E-state index contributed by atoms with van der Waals surface area (Å²) in [4.78, 5) is 14.8. The highest BCUT2D eigenvalue weighted by Crippen LogP contribution is 2.45. The molecule has 3 N–H and O–H groups in total. The lowest BCUT2D eigenvalue weighted by atomic mass is 9.94. The van der Waals surface area contributed by atoms with Gasteiger partial charge in [0.05, 0.1) is 6.04 Å². The Morgan fingerprint density at radius 1 is 1.18 bits per heavy atom. The molecule has 1 atom stereocenters. The van der Waals surface area contributed by atoms with E-state index in [1.165, 1.54) is 0 Å². The second-order valence-corrected chi connectivity index (χ2v) is 7.23. The number of hydrogen-bond acceptors (Lipinski definition) is 4. The van der Waals surface area contributed by atoms with Crippen molar-refractivity contribution in [3.05, 3.63) is 70.4 Å². The smallest absolute Gasteiger partial charge is 0.273 e. The molecule has 2 heterocycles. The molecule has 0 unspecified atom stereocenters. The predicted molar refractivity (Wildman–Crippen MR) is 106 cm³/mol. The third-order valence-corrected chi connectivity index (χ3v) is 5.24. The largest absolute Gasteiger partial charge is 0.507 e. The average Bonchev–Trinajstić information content (AvgIpc) is 3.23. The fourth-order valence-electron chi connectivity index (χ4n) is 4.00. The maximum absolute atomic E-state index is 13.1. The van der Waals surface area contributed by atoms with Gasteiger partial charge in [0.25, 0.3) is 5.91 Å². The fourth-order valence-corrected chi connectivity index (χ4v) is 4.00. The van der Waals surface area contributed by atoms with E-state index in [4.69, 9.17) is 0 Å². The van der Waals surface area contributed by atoms with Gasteiger partial charge in [0.1, 0.15) is 17.1 Å². The van der Waals surface area contributed by atoms with Crippen molar-refractivity contribution >= 4 is 5.91 Å². The van der Waals surface area contributed by atoms with E-state index in [0.717, 1.165) is 22.3 Å². The van der Waals surface area contributed by atoms with Crippen molar-refractivity contribution in [3.63, 3.8) is 0 Å². The molecule has 6 nitrogen and oxygen atoms in total. The normalized spacial score (nSPS) is 15.9. The highest BCUT2D eigenvalue weighted by molar-refractivity contribution is 6.00. The van der Waals surface area contributed by atoms with Crippen LogP contribution in [0.15, 0.2) is 42.5 Å². The van der Waals surface area contributed by atoms with Crippen molar-refractivity contribution in [2.24, 2.45) is 0 Å². The molecule has 2 aromatic carbocycles. The second kappa shape index (κ2) is 7.13. The molecule has 1 aliphatic rings. The molecule has 28 heavy (non-hydrogen) atoms. The number of carbonyl (C=O) groups is 1. The number of nitrogens with one attached hydrogen (secondary N) is 1. The number of amides is 1. The van der Waals surface area contributed by atoms with E-state index in [2.05, 4.69) is 10.2 Å². The summed E-state index contributed by atoms with van der Waals surface area (Å²) < 4.78 is 0. The molecule has 1 amide bonds. The van der Waals surface area contributed by atoms with E-state index >= 15 is 0 Å². The maximum atomic E-state index is 13.1. The molecule has 0 saturated heterocycles. The lowest BCUT2D eigenvalue weighted by Crippen LogP contribution is -2.31. The van der Waals surface area contributed by atoms with Gasteiger partial charge in [-0.05, 0) is 43.0 Å². The molecule has 6 heteroatoms. The molecule has 1 aliphatic heterocycles. The van der Waals surface area contributed by atoms with Gasteiger partial charge >= 0.3 is 0 Å². The van der Waals surface area contributed by atoms with Crippen LogP contribution in [0, 0.1) is 13.8 Å². The first-order valence-electron chi connectivity index (χ1n) is 9.38. The highest BCUT2D eigenvalue weighted by atomic mass is 16.3. The number of phenols is 1. The number of aromatic nitrogens is 2. The molecule has 3 aromatic rings. The molecule has 0 bridgehead atoms. The molecule has 0 fully saturated rings. The highest BCUT2D eigenvalue weighted by Gasteiger charge is 2.42. The van der Waals surface area contributed by atoms with Crippen LogP contribution in [0.1, 0.15) is 45.2 Å². The Bertz CT molecular complexity index is 1030. The third-order valence-electron chi connectivity index (χ3n) is 5.24. The molecule has 0 saturated carbocycles. The van der Waals surface area contributed by atoms with E-state index in [1.54, 1.807) is 4.90 Å². The van der Waals surface area contributed by atoms with Crippen LogP contribution in [0.2, 0.25) is 0 Å². The lowest BCUT2D eigenvalue weighted by Gasteiger charge is -2.26. The van der Waals surface area contributed by atoms with E-state index in [9.17, 15) is 15.0 Å². The first-order chi connectivity index (χ1) is 13.5. The number of fused-ring (bicyclic) bond motifs is 1. The molecule has 0 aliphatic carbocycles. The standard InChI is InChI=1S/C22H23N3O3/c1-13-11-14(2)21(27)16(12-13)18-17-19(24-23-18)22(28)25(9-6-10-26)20(17)15-7-4-3-5-8-15/h3-5,7-8,11-12,20,26-27H,6,9-10H2,1-2H3,(H,23,24)/t20-/m1/s1. The Morgan fingerprint density at radius 3 is 2.64 bits per heavy atom. The molecule has 144 valence electrons. The number of aromatic hydroxyl groups is 1. The first kappa shape index (κ1) is 18.3. The molecule has 4 rings (SSSR count). The van der Waals surface area contributed by atoms with Crippen LogP contribution in [0.25, 0.3) is 11.3 Å². The lowest BCUT2D eigenvalue weighted by molar-refractivity contribution is 0.0732.